The number of hydrogen-bond donors (Lipinski definition) is 3. The van der Waals surface area contributed by atoms with Crippen LogP contribution in [0, 0.1) is 0 Å². The number of rotatable bonds is 5. The lowest BCUT2D eigenvalue weighted by molar-refractivity contribution is -0.131. The van der Waals surface area contributed by atoms with Gasteiger partial charge in [-0.25, -0.2) is 4.79 Å². The second kappa shape index (κ2) is 6.85. The molecule has 0 saturated heterocycles. The van der Waals surface area contributed by atoms with Gasteiger partial charge in [-0.15, -0.1) is 11.3 Å². The molecule has 0 aliphatic carbocycles. The number of carbonyl (C=O) groups excluding carboxylic acids is 1. The number of carboxylic acids is 1. The number of carboxylic acid groups (broad SMARTS) is 1. The summed E-state index contributed by atoms with van der Waals surface area (Å²) in [5.41, 5.74) is 1.82. The zero-order valence-corrected chi connectivity index (χ0v) is 13.8. The molecule has 1 aliphatic heterocycles. The second-order valence-electron chi connectivity index (χ2n) is 4.75. The van der Waals surface area contributed by atoms with Crippen LogP contribution in [0.2, 0.25) is 0 Å². The molecule has 0 radical (unpaired) electrons. The first-order valence-corrected chi connectivity index (χ1v) is 8.25. The molecule has 0 saturated carbocycles. The van der Waals surface area contributed by atoms with Crippen LogP contribution in [0.25, 0.3) is 12.2 Å². The second-order valence-corrected chi connectivity index (χ2v) is 6.81. The van der Waals surface area contributed by atoms with Gasteiger partial charge in [0.05, 0.1) is 0 Å². The molecule has 22 heavy (non-hydrogen) atoms. The molecule has 1 aliphatic rings. The van der Waals surface area contributed by atoms with Crippen LogP contribution in [0.15, 0.2) is 34.7 Å². The monoisotopic (exact) mass is 336 g/mol. The van der Waals surface area contributed by atoms with E-state index in [1.807, 2.05) is 35.9 Å². The Morgan fingerprint density at radius 2 is 2.18 bits per heavy atom. The Morgan fingerprint density at radius 1 is 1.41 bits per heavy atom. The molecule has 5 nitrogen and oxygen atoms in total. The summed E-state index contributed by atoms with van der Waals surface area (Å²) in [5, 5.41) is 18.6. The SMILES string of the molecule is CC(=O)NC1(C=Cc2cc(/C=C/C(=O)O)cs2)NC(C)=CS1. The highest BCUT2D eigenvalue weighted by Gasteiger charge is 2.31. The van der Waals surface area contributed by atoms with Crippen molar-refractivity contribution in [1.82, 2.24) is 10.6 Å². The molecule has 0 bridgehead atoms. The van der Waals surface area contributed by atoms with Gasteiger partial charge in [0.1, 0.15) is 0 Å². The molecule has 2 rings (SSSR count). The van der Waals surface area contributed by atoms with E-state index < -0.39 is 11.0 Å². The van der Waals surface area contributed by atoms with Crippen molar-refractivity contribution >= 4 is 47.1 Å². The first kappa shape index (κ1) is 16.4. The topological polar surface area (TPSA) is 78.4 Å². The van der Waals surface area contributed by atoms with Crippen LogP contribution in [0.3, 0.4) is 0 Å². The number of aliphatic carboxylic acids is 1. The van der Waals surface area contributed by atoms with Gasteiger partial charge in [0, 0.05) is 23.6 Å². The van der Waals surface area contributed by atoms with Gasteiger partial charge < -0.3 is 15.7 Å². The zero-order chi connectivity index (χ0) is 16.2. The van der Waals surface area contributed by atoms with Crippen molar-refractivity contribution < 1.29 is 14.7 Å². The molecule has 1 unspecified atom stereocenters. The summed E-state index contributed by atoms with van der Waals surface area (Å²) in [4.78, 5) is 22.2. The molecule has 1 amide bonds. The van der Waals surface area contributed by atoms with E-state index in [0.717, 1.165) is 22.2 Å². The summed E-state index contributed by atoms with van der Waals surface area (Å²) < 4.78 is 0. The van der Waals surface area contributed by atoms with Crippen molar-refractivity contribution in [2.45, 2.75) is 18.8 Å². The lowest BCUT2D eigenvalue weighted by Crippen LogP contribution is -2.51. The fourth-order valence-corrected chi connectivity index (χ4v) is 3.65. The summed E-state index contributed by atoms with van der Waals surface area (Å²) in [6, 6.07) is 1.89. The molecular formula is C15H16N2O3S2. The molecule has 0 fully saturated rings. The van der Waals surface area contributed by atoms with Gasteiger partial charge in [-0.2, -0.15) is 0 Å². The Labute approximate surface area is 136 Å². The van der Waals surface area contributed by atoms with Gasteiger partial charge in [-0.3, -0.25) is 4.79 Å². The molecule has 1 aromatic rings. The minimum atomic E-state index is -0.971. The number of carbonyl (C=O) groups is 2. The fraction of sp³-hybridized carbons (Fsp3) is 0.200. The molecule has 7 heteroatoms. The number of nitrogens with one attached hydrogen (secondary N) is 2. The van der Waals surface area contributed by atoms with E-state index in [1.165, 1.54) is 30.0 Å². The molecule has 0 aromatic carbocycles. The van der Waals surface area contributed by atoms with Gasteiger partial charge >= 0.3 is 5.97 Å². The van der Waals surface area contributed by atoms with E-state index in [2.05, 4.69) is 10.6 Å². The highest BCUT2D eigenvalue weighted by atomic mass is 32.2. The highest BCUT2D eigenvalue weighted by molar-refractivity contribution is 8.03. The van der Waals surface area contributed by atoms with Crippen LogP contribution in [0.1, 0.15) is 24.3 Å². The summed E-state index contributed by atoms with van der Waals surface area (Å²) in [6.45, 7) is 3.41. The molecule has 116 valence electrons. The maximum Gasteiger partial charge on any atom is 0.328 e. The van der Waals surface area contributed by atoms with Crippen molar-refractivity contribution in [3.05, 3.63) is 45.1 Å². The minimum Gasteiger partial charge on any atom is -0.478 e. The molecular weight excluding hydrogens is 320 g/mol. The summed E-state index contributed by atoms with van der Waals surface area (Å²) in [6.07, 6.45) is 6.46. The number of allylic oxidation sites excluding steroid dienone is 1. The third-order valence-corrected chi connectivity index (χ3v) is 4.81. The maximum absolute atomic E-state index is 11.4. The maximum atomic E-state index is 11.4. The third-order valence-electron chi connectivity index (χ3n) is 2.71. The fourth-order valence-electron chi connectivity index (χ4n) is 1.89. The smallest absolute Gasteiger partial charge is 0.328 e. The van der Waals surface area contributed by atoms with Crippen molar-refractivity contribution in [2.75, 3.05) is 0 Å². The minimum absolute atomic E-state index is 0.121. The first-order valence-electron chi connectivity index (χ1n) is 6.49. The first-order chi connectivity index (χ1) is 10.4. The molecule has 1 atom stereocenters. The Morgan fingerprint density at radius 3 is 2.77 bits per heavy atom. The average molecular weight is 336 g/mol. The Hall–Kier alpha value is -1.99. The quantitative estimate of drug-likeness (QED) is 0.721. The van der Waals surface area contributed by atoms with E-state index in [4.69, 9.17) is 5.11 Å². The predicted molar refractivity (Wildman–Crippen MR) is 91.1 cm³/mol. The largest absolute Gasteiger partial charge is 0.478 e. The lowest BCUT2D eigenvalue weighted by Gasteiger charge is -2.26. The Bertz CT molecular complexity index is 676. The van der Waals surface area contributed by atoms with E-state index in [9.17, 15) is 9.59 Å². The van der Waals surface area contributed by atoms with Crippen LogP contribution in [0.5, 0.6) is 0 Å². The predicted octanol–water partition coefficient (Wildman–Crippen LogP) is 2.85. The number of hydrogen-bond acceptors (Lipinski definition) is 5. The van der Waals surface area contributed by atoms with E-state index in [-0.39, 0.29) is 5.91 Å². The molecule has 1 aromatic heterocycles. The highest BCUT2D eigenvalue weighted by Crippen LogP contribution is 2.32. The van der Waals surface area contributed by atoms with Crippen LogP contribution < -0.4 is 10.6 Å². The van der Waals surface area contributed by atoms with E-state index in [1.54, 1.807) is 6.08 Å². The lowest BCUT2D eigenvalue weighted by atomic mass is 10.2. The van der Waals surface area contributed by atoms with Crippen molar-refractivity contribution in [2.24, 2.45) is 0 Å². The average Bonchev–Trinajstić information content (AvgIpc) is 3.01. The van der Waals surface area contributed by atoms with Crippen molar-refractivity contribution in [3.8, 4) is 0 Å². The van der Waals surface area contributed by atoms with Crippen LogP contribution in [-0.2, 0) is 9.59 Å². The van der Waals surface area contributed by atoms with Gasteiger partial charge in [-0.05, 0) is 47.6 Å². The summed E-state index contributed by atoms with van der Waals surface area (Å²) in [7, 11) is 0. The Balaban J connectivity index is 2.12. The Kier molecular flexibility index (Phi) is 5.10. The summed E-state index contributed by atoms with van der Waals surface area (Å²) >= 11 is 2.99. The van der Waals surface area contributed by atoms with E-state index >= 15 is 0 Å². The summed E-state index contributed by atoms with van der Waals surface area (Å²) in [5.74, 6) is -1.09. The number of amides is 1. The van der Waals surface area contributed by atoms with Crippen molar-refractivity contribution in [3.63, 3.8) is 0 Å². The number of thiophene rings is 1. The van der Waals surface area contributed by atoms with E-state index in [0.29, 0.717) is 0 Å². The number of thioether (sulfide) groups is 1. The van der Waals surface area contributed by atoms with Crippen LogP contribution in [0.4, 0.5) is 0 Å². The van der Waals surface area contributed by atoms with Gasteiger partial charge in [0.2, 0.25) is 5.91 Å². The van der Waals surface area contributed by atoms with Crippen molar-refractivity contribution in [1.29, 1.82) is 0 Å². The van der Waals surface area contributed by atoms with Gasteiger partial charge in [0.25, 0.3) is 0 Å². The van der Waals surface area contributed by atoms with Gasteiger partial charge in [0.15, 0.2) is 4.99 Å². The normalized spacial score (nSPS) is 21.1. The van der Waals surface area contributed by atoms with Gasteiger partial charge in [-0.1, -0.05) is 11.8 Å². The molecule has 0 spiro atoms. The standard InChI is InChI=1S/C15H16N2O3S2/c1-10-8-22-15(16-10,17-11(2)18)6-5-13-7-12(9-21-13)3-4-14(19)20/h3-9,16H,1-2H3,(H,17,18)(H,19,20)/b4-3+,6-5?. The third kappa shape index (κ3) is 4.51. The molecule has 3 N–H and O–H groups in total. The van der Waals surface area contributed by atoms with Crippen LogP contribution >= 0.6 is 23.1 Å². The zero-order valence-electron chi connectivity index (χ0n) is 12.1. The van der Waals surface area contributed by atoms with Crippen LogP contribution in [-0.4, -0.2) is 22.0 Å². The molecule has 2 heterocycles.